The zero-order valence-electron chi connectivity index (χ0n) is 14.2. The topological polar surface area (TPSA) is 55.4 Å². The Bertz CT molecular complexity index is 477. The van der Waals surface area contributed by atoms with E-state index in [0.29, 0.717) is 17.3 Å². The lowest BCUT2D eigenvalue weighted by molar-refractivity contribution is -0.147. The number of carbonyl (C=O) groups is 2. The SMILES string of the molecule is CC(C)OC(=O)CCNC(=O)CC12CC3CC(CC(Br)(C3)C1)C2. The molecule has 4 aliphatic rings. The Morgan fingerprint density at radius 1 is 1.22 bits per heavy atom. The van der Waals surface area contributed by atoms with E-state index in [2.05, 4.69) is 21.2 Å². The molecule has 2 atom stereocenters. The van der Waals surface area contributed by atoms with Gasteiger partial charge in [0.15, 0.2) is 0 Å². The summed E-state index contributed by atoms with van der Waals surface area (Å²) >= 11 is 3.98. The highest BCUT2D eigenvalue weighted by molar-refractivity contribution is 9.10. The third kappa shape index (κ3) is 4.09. The minimum absolute atomic E-state index is 0.0969. The molecule has 0 aromatic carbocycles. The number of hydrogen-bond donors (Lipinski definition) is 1. The van der Waals surface area contributed by atoms with Crippen LogP contribution in [0.15, 0.2) is 0 Å². The molecule has 4 saturated carbocycles. The molecule has 0 aliphatic heterocycles. The number of hydrogen-bond acceptors (Lipinski definition) is 3. The highest BCUT2D eigenvalue weighted by atomic mass is 79.9. The van der Waals surface area contributed by atoms with E-state index in [1.165, 1.54) is 32.1 Å². The maximum absolute atomic E-state index is 12.4. The van der Waals surface area contributed by atoms with Crippen LogP contribution in [0.3, 0.4) is 0 Å². The quantitative estimate of drug-likeness (QED) is 0.561. The van der Waals surface area contributed by atoms with Gasteiger partial charge in [0.1, 0.15) is 0 Å². The van der Waals surface area contributed by atoms with E-state index in [9.17, 15) is 9.59 Å². The van der Waals surface area contributed by atoms with E-state index < -0.39 is 0 Å². The number of halogens is 1. The Kier molecular flexibility index (Phi) is 4.78. The van der Waals surface area contributed by atoms with Crippen LogP contribution in [-0.2, 0) is 14.3 Å². The third-order valence-electron chi connectivity index (χ3n) is 5.66. The first-order valence-electron chi connectivity index (χ1n) is 8.93. The summed E-state index contributed by atoms with van der Waals surface area (Å²) in [4.78, 5) is 23.9. The summed E-state index contributed by atoms with van der Waals surface area (Å²) in [5.41, 5.74) is 0.191. The normalized spacial score (nSPS) is 37.9. The van der Waals surface area contributed by atoms with Crippen LogP contribution in [0.2, 0.25) is 0 Å². The number of amides is 1. The van der Waals surface area contributed by atoms with E-state index in [4.69, 9.17) is 4.74 Å². The summed E-state index contributed by atoms with van der Waals surface area (Å²) in [6.07, 6.45) is 8.26. The van der Waals surface area contributed by atoms with Crippen molar-refractivity contribution >= 4 is 27.8 Å². The van der Waals surface area contributed by atoms with Crippen LogP contribution in [0.1, 0.15) is 65.2 Å². The van der Waals surface area contributed by atoms with Crippen LogP contribution >= 0.6 is 15.9 Å². The molecule has 23 heavy (non-hydrogen) atoms. The molecule has 4 aliphatic carbocycles. The Morgan fingerprint density at radius 3 is 2.43 bits per heavy atom. The molecule has 0 heterocycles. The highest BCUT2D eigenvalue weighted by Gasteiger charge is 2.57. The minimum Gasteiger partial charge on any atom is -0.463 e. The van der Waals surface area contributed by atoms with Crippen molar-refractivity contribution in [1.29, 1.82) is 0 Å². The lowest BCUT2D eigenvalue weighted by Crippen LogP contribution is -2.54. The molecule has 0 radical (unpaired) electrons. The molecule has 0 aromatic heterocycles. The second-order valence-corrected chi connectivity index (χ2v) is 10.1. The van der Waals surface area contributed by atoms with Gasteiger partial charge < -0.3 is 10.1 Å². The molecule has 2 unspecified atom stereocenters. The molecule has 130 valence electrons. The summed E-state index contributed by atoms with van der Waals surface area (Å²) in [6.45, 7) is 4.05. The Morgan fingerprint density at radius 2 is 1.87 bits per heavy atom. The lowest BCUT2D eigenvalue weighted by Gasteiger charge is -2.60. The largest absolute Gasteiger partial charge is 0.463 e. The first-order valence-corrected chi connectivity index (χ1v) is 9.72. The zero-order chi connectivity index (χ0) is 16.7. The molecule has 4 bridgehead atoms. The van der Waals surface area contributed by atoms with Crippen molar-refractivity contribution in [3.05, 3.63) is 0 Å². The van der Waals surface area contributed by atoms with Gasteiger partial charge in [-0.2, -0.15) is 0 Å². The summed E-state index contributed by atoms with van der Waals surface area (Å²) in [5, 5.41) is 2.92. The van der Waals surface area contributed by atoms with Crippen LogP contribution in [-0.4, -0.2) is 28.8 Å². The maximum Gasteiger partial charge on any atom is 0.307 e. The maximum atomic E-state index is 12.4. The molecule has 5 heteroatoms. The van der Waals surface area contributed by atoms with E-state index in [0.717, 1.165) is 18.3 Å². The number of rotatable bonds is 6. The van der Waals surface area contributed by atoms with Crippen molar-refractivity contribution in [2.24, 2.45) is 17.3 Å². The van der Waals surface area contributed by atoms with Gasteiger partial charge >= 0.3 is 5.97 Å². The lowest BCUT2D eigenvalue weighted by atomic mass is 9.48. The van der Waals surface area contributed by atoms with Gasteiger partial charge in [-0.15, -0.1) is 0 Å². The summed E-state index contributed by atoms with van der Waals surface area (Å²) in [5.74, 6) is 1.45. The third-order valence-corrected chi connectivity index (χ3v) is 6.59. The van der Waals surface area contributed by atoms with Crippen molar-refractivity contribution in [3.8, 4) is 0 Å². The van der Waals surface area contributed by atoms with Crippen molar-refractivity contribution in [3.63, 3.8) is 0 Å². The second kappa shape index (κ2) is 6.38. The van der Waals surface area contributed by atoms with E-state index >= 15 is 0 Å². The van der Waals surface area contributed by atoms with Crippen LogP contribution < -0.4 is 5.32 Å². The number of nitrogens with one attached hydrogen (secondary N) is 1. The second-order valence-electron chi connectivity index (χ2n) is 8.43. The zero-order valence-corrected chi connectivity index (χ0v) is 15.8. The standard InChI is InChI=1S/C18H28BrNO3/c1-12(2)23-16(22)3-4-20-15(21)10-17-6-13-5-14(7-17)9-18(19,8-13)11-17/h12-14H,3-11H2,1-2H3,(H,20,21). The van der Waals surface area contributed by atoms with Crippen LogP contribution in [0, 0.1) is 17.3 Å². The molecule has 1 N–H and O–H groups in total. The van der Waals surface area contributed by atoms with Gasteiger partial charge in [-0.3, -0.25) is 9.59 Å². The van der Waals surface area contributed by atoms with Crippen molar-refractivity contribution in [2.75, 3.05) is 6.54 Å². The summed E-state index contributed by atoms with van der Waals surface area (Å²) in [7, 11) is 0. The van der Waals surface area contributed by atoms with E-state index in [1.807, 2.05) is 13.8 Å². The Hall–Kier alpha value is -0.580. The number of alkyl halides is 1. The van der Waals surface area contributed by atoms with Gasteiger partial charge in [0.25, 0.3) is 0 Å². The van der Waals surface area contributed by atoms with E-state index in [1.54, 1.807) is 0 Å². The van der Waals surface area contributed by atoms with Gasteiger partial charge in [-0.1, -0.05) is 15.9 Å². The molecule has 1 amide bonds. The molecule has 4 nitrogen and oxygen atoms in total. The van der Waals surface area contributed by atoms with Crippen LogP contribution in [0.25, 0.3) is 0 Å². The average Bonchev–Trinajstić information content (AvgIpc) is 2.33. The van der Waals surface area contributed by atoms with Crippen LogP contribution in [0.4, 0.5) is 0 Å². The Balaban J connectivity index is 1.48. The molecular formula is C18H28BrNO3. The fourth-order valence-electron chi connectivity index (χ4n) is 5.57. The summed E-state index contributed by atoms with van der Waals surface area (Å²) in [6, 6.07) is 0. The van der Waals surface area contributed by atoms with Gasteiger partial charge in [-0.25, -0.2) is 0 Å². The number of esters is 1. The smallest absolute Gasteiger partial charge is 0.307 e. The van der Waals surface area contributed by atoms with Crippen molar-refractivity contribution in [2.45, 2.75) is 75.6 Å². The first-order chi connectivity index (χ1) is 10.8. The van der Waals surface area contributed by atoms with Crippen molar-refractivity contribution < 1.29 is 14.3 Å². The molecule has 4 rings (SSSR count). The highest BCUT2D eigenvalue weighted by Crippen LogP contribution is 2.65. The summed E-state index contributed by atoms with van der Waals surface area (Å²) < 4.78 is 5.37. The van der Waals surface area contributed by atoms with Gasteiger partial charge in [0.05, 0.1) is 12.5 Å². The average molecular weight is 386 g/mol. The Labute approximate surface area is 147 Å². The fraction of sp³-hybridized carbons (Fsp3) is 0.889. The predicted octanol–water partition coefficient (Wildman–Crippen LogP) is 3.57. The number of ether oxygens (including phenoxy) is 1. The van der Waals surface area contributed by atoms with E-state index in [-0.39, 0.29) is 29.8 Å². The molecule has 0 aromatic rings. The molecule has 0 spiro atoms. The monoisotopic (exact) mass is 385 g/mol. The first kappa shape index (κ1) is 17.2. The fourth-order valence-corrected chi connectivity index (χ4v) is 7.08. The molecule has 4 fully saturated rings. The van der Waals surface area contributed by atoms with Crippen molar-refractivity contribution in [1.82, 2.24) is 5.32 Å². The van der Waals surface area contributed by atoms with Gasteiger partial charge in [0.2, 0.25) is 5.91 Å². The van der Waals surface area contributed by atoms with Crippen LogP contribution in [0.5, 0.6) is 0 Å². The molecular weight excluding hydrogens is 358 g/mol. The van der Waals surface area contributed by atoms with Gasteiger partial charge in [0, 0.05) is 17.3 Å². The number of carbonyl (C=O) groups excluding carboxylic acids is 2. The van der Waals surface area contributed by atoms with Gasteiger partial charge in [-0.05, 0) is 69.6 Å². The molecule has 0 saturated heterocycles. The minimum atomic E-state index is -0.241. The predicted molar refractivity (Wildman–Crippen MR) is 92.2 cm³/mol.